The van der Waals surface area contributed by atoms with E-state index >= 15 is 0 Å². The van der Waals surface area contributed by atoms with Gasteiger partial charge in [-0.3, -0.25) is 0 Å². The van der Waals surface area contributed by atoms with Crippen molar-refractivity contribution in [3.63, 3.8) is 0 Å². The van der Waals surface area contributed by atoms with Crippen LogP contribution in [0.2, 0.25) is 5.15 Å². The molecule has 2 heterocycles. The molecule has 5 nitrogen and oxygen atoms in total. The van der Waals surface area contributed by atoms with Gasteiger partial charge in [-0.05, 0) is 18.6 Å². The average Bonchev–Trinajstić information content (AvgIpc) is 2.67. The molecular weight excluding hydrogens is 309 g/mol. The van der Waals surface area contributed by atoms with Gasteiger partial charge in [-0.1, -0.05) is 31.0 Å². The van der Waals surface area contributed by atoms with E-state index in [1.54, 1.807) is 24.4 Å². The molecule has 0 aliphatic carbocycles. The van der Waals surface area contributed by atoms with Gasteiger partial charge in [-0.2, -0.15) is 5.10 Å². The molecule has 0 bridgehead atoms. The summed E-state index contributed by atoms with van der Waals surface area (Å²) in [5, 5.41) is 4.15. The number of hydrogen-bond acceptors (Lipinski definition) is 4. The monoisotopic (exact) mass is 319 g/mol. The van der Waals surface area contributed by atoms with Gasteiger partial charge in [0.25, 0.3) is 9.05 Å². The fourth-order valence-electron chi connectivity index (χ4n) is 1.70. The van der Waals surface area contributed by atoms with Crippen LogP contribution in [0.4, 0.5) is 0 Å². The minimum absolute atomic E-state index is 0.0443. The molecule has 0 atom stereocenters. The van der Waals surface area contributed by atoms with Gasteiger partial charge in [0, 0.05) is 16.9 Å². The normalized spacial score (nSPS) is 11.7. The lowest BCUT2D eigenvalue weighted by atomic mass is 10.2. The summed E-state index contributed by atoms with van der Waals surface area (Å²) in [5.74, 6) is 0.441. The first-order valence-corrected chi connectivity index (χ1v) is 8.27. The van der Waals surface area contributed by atoms with E-state index in [9.17, 15) is 8.42 Å². The van der Waals surface area contributed by atoms with Crippen LogP contribution in [0.15, 0.2) is 29.3 Å². The second-order valence-corrected chi connectivity index (χ2v) is 6.72. The van der Waals surface area contributed by atoms with E-state index in [0.29, 0.717) is 17.9 Å². The molecule has 0 fully saturated rings. The molecule has 0 aromatic carbocycles. The zero-order valence-electron chi connectivity index (χ0n) is 10.0. The molecule has 2 rings (SSSR count). The lowest BCUT2D eigenvalue weighted by Crippen LogP contribution is -1.99. The number of hydrogen-bond donors (Lipinski definition) is 0. The Morgan fingerprint density at radius 3 is 2.63 bits per heavy atom. The Kier molecular flexibility index (Phi) is 4.13. The Morgan fingerprint density at radius 1 is 1.37 bits per heavy atom. The highest BCUT2D eigenvalue weighted by Gasteiger charge is 2.26. The van der Waals surface area contributed by atoms with Crippen LogP contribution >= 0.6 is 22.3 Å². The van der Waals surface area contributed by atoms with Crippen molar-refractivity contribution in [3.05, 3.63) is 35.2 Å². The smallest absolute Gasteiger partial charge is 0.237 e. The van der Waals surface area contributed by atoms with Gasteiger partial charge in [0.1, 0.15) is 4.90 Å². The second-order valence-electron chi connectivity index (χ2n) is 3.85. The van der Waals surface area contributed by atoms with Crippen LogP contribution in [-0.4, -0.2) is 23.2 Å². The maximum Gasteiger partial charge on any atom is 0.266 e. The van der Waals surface area contributed by atoms with E-state index in [-0.39, 0.29) is 10.0 Å². The predicted molar refractivity (Wildman–Crippen MR) is 73.4 cm³/mol. The summed E-state index contributed by atoms with van der Waals surface area (Å²) in [5.41, 5.74) is 0.355. The zero-order chi connectivity index (χ0) is 14.0. The lowest BCUT2D eigenvalue weighted by Gasteiger charge is -2.00. The van der Waals surface area contributed by atoms with Gasteiger partial charge < -0.3 is 0 Å². The average molecular weight is 320 g/mol. The van der Waals surface area contributed by atoms with Crippen LogP contribution in [0, 0.1) is 0 Å². The molecule has 0 saturated heterocycles. The van der Waals surface area contributed by atoms with Crippen molar-refractivity contribution in [2.45, 2.75) is 24.7 Å². The van der Waals surface area contributed by atoms with Gasteiger partial charge in [0.2, 0.25) is 0 Å². The molecule has 0 aliphatic heterocycles. The Morgan fingerprint density at radius 2 is 2.11 bits per heavy atom. The molecule has 0 radical (unpaired) electrons. The highest BCUT2D eigenvalue weighted by atomic mass is 35.7. The number of aromatic nitrogens is 3. The van der Waals surface area contributed by atoms with Gasteiger partial charge in [-0.15, -0.1) is 0 Å². The molecule has 8 heteroatoms. The van der Waals surface area contributed by atoms with E-state index in [4.69, 9.17) is 22.3 Å². The molecule has 19 heavy (non-hydrogen) atoms. The van der Waals surface area contributed by atoms with Gasteiger partial charge in [0.05, 0.1) is 5.69 Å². The summed E-state index contributed by atoms with van der Waals surface area (Å²) in [4.78, 5) is 3.95. The van der Waals surface area contributed by atoms with Crippen LogP contribution < -0.4 is 0 Å². The van der Waals surface area contributed by atoms with Crippen molar-refractivity contribution in [2.75, 3.05) is 0 Å². The molecule has 0 N–H and O–H groups in total. The molecule has 0 unspecified atom stereocenters. The minimum atomic E-state index is -3.94. The highest BCUT2D eigenvalue weighted by molar-refractivity contribution is 8.13. The predicted octanol–water partition coefficient (Wildman–Crippen LogP) is 2.80. The van der Waals surface area contributed by atoms with Crippen LogP contribution in [0.3, 0.4) is 0 Å². The quantitative estimate of drug-likeness (QED) is 0.813. The van der Waals surface area contributed by atoms with Gasteiger partial charge >= 0.3 is 0 Å². The number of rotatable bonds is 4. The highest BCUT2D eigenvalue weighted by Crippen LogP contribution is 2.30. The first kappa shape index (κ1) is 14.3. The van der Waals surface area contributed by atoms with Crippen molar-refractivity contribution in [1.82, 2.24) is 14.8 Å². The fourth-order valence-corrected chi connectivity index (χ4v) is 3.55. The Labute approximate surface area is 120 Å². The molecular formula is C11H11Cl2N3O2S. The second kappa shape index (κ2) is 5.48. The largest absolute Gasteiger partial charge is 0.266 e. The maximum atomic E-state index is 11.6. The zero-order valence-corrected chi connectivity index (χ0v) is 12.4. The van der Waals surface area contributed by atoms with Crippen molar-refractivity contribution in [1.29, 1.82) is 0 Å². The molecule has 102 valence electrons. The van der Waals surface area contributed by atoms with E-state index in [1.165, 1.54) is 4.68 Å². The van der Waals surface area contributed by atoms with Crippen LogP contribution in [-0.2, 0) is 15.5 Å². The van der Waals surface area contributed by atoms with Crippen molar-refractivity contribution in [2.24, 2.45) is 0 Å². The van der Waals surface area contributed by atoms with E-state index in [1.807, 2.05) is 6.92 Å². The van der Waals surface area contributed by atoms with Gasteiger partial charge in [-0.25, -0.2) is 18.1 Å². The lowest BCUT2D eigenvalue weighted by molar-refractivity contribution is 0.608. The number of pyridine rings is 1. The molecule has 2 aromatic heterocycles. The summed E-state index contributed by atoms with van der Waals surface area (Å²) in [7, 11) is 1.48. The topological polar surface area (TPSA) is 64.8 Å². The van der Waals surface area contributed by atoms with Crippen LogP contribution in [0.5, 0.6) is 0 Å². The fraction of sp³-hybridized carbons (Fsp3) is 0.273. The van der Waals surface area contributed by atoms with Crippen molar-refractivity contribution >= 4 is 31.3 Å². The first-order valence-electron chi connectivity index (χ1n) is 5.58. The minimum Gasteiger partial charge on any atom is -0.237 e. The SMILES string of the molecule is CCCc1nn(-c2ccccn2)c(Cl)c1S(=O)(=O)Cl. The summed E-state index contributed by atoms with van der Waals surface area (Å²) < 4.78 is 24.5. The van der Waals surface area contributed by atoms with E-state index in [0.717, 1.165) is 6.42 Å². The molecule has 0 saturated carbocycles. The number of aryl methyl sites for hydroxylation is 1. The standard InChI is InChI=1S/C11H11Cl2N3O2S/c1-2-5-8-10(19(13,17)18)11(12)16(15-8)9-6-3-4-7-14-9/h3-4,6-7H,2,5H2,1H3. The van der Waals surface area contributed by atoms with Crippen molar-refractivity contribution < 1.29 is 8.42 Å². The molecule has 2 aromatic rings. The molecule has 0 spiro atoms. The summed E-state index contributed by atoms with van der Waals surface area (Å²) >= 11 is 6.08. The first-order chi connectivity index (χ1) is 8.95. The third kappa shape index (κ3) is 2.91. The third-order valence-electron chi connectivity index (χ3n) is 2.45. The van der Waals surface area contributed by atoms with E-state index in [2.05, 4.69) is 10.1 Å². The summed E-state index contributed by atoms with van der Waals surface area (Å²) in [6, 6.07) is 5.18. The third-order valence-corrected chi connectivity index (χ3v) is 4.29. The Hall–Kier alpha value is -1.11. The molecule has 0 amide bonds. The van der Waals surface area contributed by atoms with Crippen molar-refractivity contribution in [3.8, 4) is 5.82 Å². The number of nitrogens with zero attached hydrogens (tertiary/aromatic N) is 3. The van der Waals surface area contributed by atoms with Crippen LogP contribution in [0.1, 0.15) is 19.0 Å². The van der Waals surface area contributed by atoms with Gasteiger partial charge in [0.15, 0.2) is 11.0 Å². The molecule has 0 aliphatic rings. The van der Waals surface area contributed by atoms with E-state index < -0.39 is 9.05 Å². The maximum absolute atomic E-state index is 11.6. The Bertz CT molecular complexity index is 683. The Balaban J connectivity index is 2.66. The number of halogens is 2. The van der Waals surface area contributed by atoms with Crippen LogP contribution in [0.25, 0.3) is 5.82 Å². The summed E-state index contributed by atoms with van der Waals surface area (Å²) in [6.45, 7) is 1.92. The summed E-state index contributed by atoms with van der Waals surface area (Å²) in [6.07, 6.45) is 2.78.